The summed E-state index contributed by atoms with van der Waals surface area (Å²) in [6, 6.07) is 17.4. The first-order valence-corrected chi connectivity index (χ1v) is 11.6. The number of hydrogen-bond donors (Lipinski definition) is 1. The van der Waals surface area contributed by atoms with Crippen molar-refractivity contribution >= 4 is 10.9 Å². The maximum Gasteiger partial charge on any atom is 0.253 e. The summed E-state index contributed by atoms with van der Waals surface area (Å²) in [6.45, 7) is 6.53. The van der Waals surface area contributed by atoms with Gasteiger partial charge in [-0.3, -0.25) is 9.69 Å². The first kappa shape index (κ1) is 22.2. The van der Waals surface area contributed by atoms with Gasteiger partial charge in [-0.25, -0.2) is 4.68 Å². The molecule has 0 bridgehead atoms. The summed E-state index contributed by atoms with van der Waals surface area (Å²) in [5.41, 5.74) is 2.38. The predicted molar refractivity (Wildman–Crippen MR) is 130 cm³/mol. The monoisotopic (exact) mass is 459 g/mol. The zero-order valence-electron chi connectivity index (χ0n) is 19.5. The second-order valence-corrected chi connectivity index (χ2v) is 8.66. The molecule has 3 heterocycles. The van der Waals surface area contributed by atoms with Gasteiger partial charge < -0.3 is 14.6 Å². The number of ether oxygens (including phenoxy) is 1. The lowest BCUT2D eigenvalue weighted by Gasteiger charge is -2.37. The van der Waals surface area contributed by atoms with Gasteiger partial charge in [0.15, 0.2) is 5.82 Å². The molecule has 9 heteroatoms. The van der Waals surface area contributed by atoms with E-state index in [-0.39, 0.29) is 11.6 Å². The molecule has 0 aliphatic carbocycles. The van der Waals surface area contributed by atoms with Gasteiger partial charge in [-0.2, -0.15) is 0 Å². The Morgan fingerprint density at radius 3 is 2.62 bits per heavy atom. The van der Waals surface area contributed by atoms with Crippen LogP contribution in [0.25, 0.3) is 10.9 Å². The Morgan fingerprint density at radius 1 is 1.06 bits per heavy atom. The third-order valence-corrected chi connectivity index (χ3v) is 6.33. The number of nitrogens with zero attached hydrogens (tertiary/aromatic N) is 6. The van der Waals surface area contributed by atoms with Gasteiger partial charge in [-0.1, -0.05) is 30.3 Å². The van der Waals surface area contributed by atoms with E-state index in [0.29, 0.717) is 24.5 Å². The van der Waals surface area contributed by atoms with Gasteiger partial charge in [0, 0.05) is 42.6 Å². The zero-order chi connectivity index (χ0) is 23.5. The van der Waals surface area contributed by atoms with Crippen molar-refractivity contribution < 1.29 is 4.74 Å². The predicted octanol–water partition coefficient (Wildman–Crippen LogP) is 2.30. The van der Waals surface area contributed by atoms with Gasteiger partial charge in [0.25, 0.3) is 5.56 Å². The molecule has 0 amide bonds. The molecule has 2 aromatic carbocycles. The lowest BCUT2D eigenvalue weighted by atomic mass is 10.0. The van der Waals surface area contributed by atoms with Crippen LogP contribution in [0.2, 0.25) is 0 Å². The van der Waals surface area contributed by atoms with Crippen molar-refractivity contribution in [3.63, 3.8) is 0 Å². The molecule has 0 spiro atoms. The quantitative estimate of drug-likeness (QED) is 0.453. The normalized spacial score (nSPS) is 16.1. The van der Waals surface area contributed by atoms with Crippen LogP contribution in [0.5, 0.6) is 5.75 Å². The Labute approximate surface area is 198 Å². The summed E-state index contributed by atoms with van der Waals surface area (Å²) in [4.78, 5) is 21.0. The van der Waals surface area contributed by atoms with Gasteiger partial charge in [-0.05, 0) is 54.2 Å². The van der Waals surface area contributed by atoms with Crippen LogP contribution in [0, 0.1) is 0 Å². The fourth-order valence-electron chi connectivity index (χ4n) is 4.52. The minimum Gasteiger partial charge on any atom is -0.494 e. The highest BCUT2D eigenvalue weighted by Crippen LogP contribution is 2.29. The van der Waals surface area contributed by atoms with Gasteiger partial charge in [0.05, 0.1) is 13.2 Å². The van der Waals surface area contributed by atoms with Crippen molar-refractivity contribution in [1.29, 1.82) is 0 Å². The number of pyridine rings is 1. The standard InChI is InChI=1S/C25H29N7O2/c1-3-34-20-9-10-22-19(15-20)16-21(25(33)26-22)23(31-13-11-30(2)12-14-31)24-27-28-29-32(24)17-18-7-5-4-6-8-18/h4-10,15-16,23H,3,11-14,17H2,1-2H3,(H,26,33). The maximum absolute atomic E-state index is 13.4. The number of aromatic amines is 1. The average Bonchev–Trinajstić information content (AvgIpc) is 3.29. The van der Waals surface area contributed by atoms with Crippen LogP contribution >= 0.6 is 0 Å². The topological polar surface area (TPSA) is 92.2 Å². The van der Waals surface area contributed by atoms with Crippen LogP contribution in [0.4, 0.5) is 0 Å². The number of tetrazole rings is 1. The molecule has 0 radical (unpaired) electrons. The smallest absolute Gasteiger partial charge is 0.253 e. The molecular weight excluding hydrogens is 430 g/mol. The van der Waals surface area contributed by atoms with Gasteiger partial charge in [-0.15, -0.1) is 5.10 Å². The highest BCUT2D eigenvalue weighted by Gasteiger charge is 2.32. The molecule has 1 saturated heterocycles. The lowest BCUT2D eigenvalue weighted by Crippen LogP contribution is -2.47. The van der Waals surface area contributed by atoms with Gasteiger partial charge >= 0.3 is 0 Å². The second-order valence-electron chi connectivity index (χ2n) is 8.66. The van der Waals surface area contributed by atoms with E-state index in [1.807, 2.05) is 49.4 Å². The third-order valence-electron chi connectivity index (χ3n) is 6.33. The molecule has 4 aromatic rings. The first-order chi connectivity index (χ1) is 16.6. The molecule has 34 heavy (non-hydrogen) atoms. The van der Waals surface area contributed by atoms with Crippen molar-refractivity contribution in [3.8, 4) is 5.75 Å². The maximum atomic E-state index is 13.4. The van der Waals surface area contributed by atoms with Crippen LogP contribution in [-0.2, 0) is 6.54 Å². The number of fused-ring (bicyclic) bond motifs is 1. The first-order valence-electron chi connectivity index (χ1n) is 11.6. The molecule has 1 N–H and O–H groups in total. The minimum absolute atomic E-state index is 0.130. The summed E-state index contributed by atoms with van der Waals surface area (Å²) in [5.74, 6) is 1.44. The molecule has 1 aliphatic heterocycles. The number of nitrogens with one attached hydrogen (secondary N) is 1. The third kappa shape index (κ3) is 4.57. The van der Waals surface area contributed by atoms with E-state index in [1.165, 1.54) is 0 Å². The highest BCUT2D eigenvalue weighted by atomic mass is 16.5. The number of piperazine rings is 1. The van der Waals surface area contributed by atoms with Crippen LogP contribution in [0.1, 0.15) is 29.9 Å². The van der Waals surface area contributed by atoms with Crippen molar-refractivity contribution in [2.24, 2.45) is 0 Å². The molecule has 1 atom stereocenters. The van der Waals surface area contributed by atoms with E-state index >= 15 is 0 Å². The minimum atomic E-state index is -0.365. The summed E-state index contributed by atoms with van der Waals surface area (Å²) in [7, 11) is 2.11. The van der Waals surface area contributed by atoms with Crippen LogP contribution in [0.15, 0.2) is 59.4 Å². The average molecular weight is 460 g/mol. The molecule has 176 valence electrons. The van der Waals surface area contributed by atoms with Crippen LogP contribution in [-0.4, -0.2) is 74.8 Å². The molecule has 5 rings (SSSR count). The molecule has 1 unspecified atom stereocenters. The molecule has 1 aliphatic rings. The van der Waals surface area contributed by atoms with Crippen LogP contribution < -0.4 is 10.3 Å². The SMILES string of the molecule is CCOc1ccc2[nH]c(=O)c(C(c3nnnn3Cc3ccccc3)N3CCN(C)CC3)cc2c1. The fourth-order valence-corrected chi connectivity index (χ4v) is 4.52. The molecule has 9 nitrogen and oxygen atoms in total. The summed E-state index contributed by atoms with van der Waals surface area (Å²) in [5, 5.41) is 13.6. The molecular formula is C25H29N7O2. The van der Waals surface area contributed by atoms with Gasteiger partial charge in [0.2, 0.25) is 0 Å². The lowest BCUT2D eigenvalue weighted by molar-refractivity contribution is 0.121. The highest BCUT2D eigenvalue weighted by molar-refractivity contribution is 5.80. The second kappa shape index (κ2) is 9.74. The Balaban J connectivity index is 1.60. The van der Waals surface area contributed by atoms with Crippen molar-refractivity contribution in [2.75, 3.05) is 39.8 Å². The number of aromatic nitrogens is 5. The summed E-state index contributed by atoms with van der Waals surface area (Å²) < 4.78 is 7.49. The van der Waals surface area contributed by atoms with Crippen LogP contribution in [0.3, 0.4) is 0 Å². The van der Waals surface area contributed by atoms with E-state index in [1.54, 1.807) is 4.68 Å². The number of likely N-dealkylation sites (N-methyl/N-ethyl adjacent to an activating group) is 1. The number of hydrogen-bond acceptors (Lipinski definition) is 7. The van der Waals surface area contributed by atoms with Crippen molar-refractivity contribution in [3.05, 3.63) is 81.9 Å². The Hall–Kier alpha value is -3.56. The van der Waals surface area contributed by atoms with E-state index in [2.05, 4.69) is 49.5 Å². The summed E-state index contributed by atoms with van der Waals surface area (Å²) in [6.07, 6.45) is 0. The molecule has 1 fully saturated rings. The zero-order valence-corrected chi connectivity index (χ0v) is 19.5. The van der Waals surface area contributed by atoms with Crippen molar-refractivity contribution in [1.82, 2.24) is 35.0 Å². The molecule has 0 saturated carbocycles. The van der Waals surface area contributed by atoms with E-state index in [4.69, 9.17) is 4.74 Å². The Kier molecular flexibility index (Phi) is 6.37. The van der Waals surface area contributed by atoms with Gasteiger partial charge in [0.1, 0.15) is 11.8 Å². The van der Waals surface area contributed by atoms with E-state index in [0.717, 1.165) is 48.4 Å². The number of rotatable bonds is 7. The number of H-pyrrole nitrogens is 1. The summed E-state index contributed by atoms with van der Waals surface area (Å²) >= 11 is 0. The largest absolute Gasteiger partial charge is 0.494 e. The van der Waals surface area contributed by atoms with E-state index in [9.17, 15) is 4.79 Å². The van der Waals surface area contributed by atoms with Crippen molar-refractivity contribution in [2.45, 2.75) is 19.5 Å². The number of benzene rings is 2. The molecule has 2 aromatic heterocycles. The Morgan fingerprint density at radius 2 is 1.85 bits per heavy atom. The fraction of sp³-hybridized carbons (Fsp3) is 0.360. The Bertz CT molecular complexity index is 1310. The van der Waals surface area contributed by atoms with E-state index < -0.39 is 0 Å².